The molecule has 4 heteroatoms. The minimum atomic E-state index is -0.688. The van der Waals surface area contributed by atoms with Crippen LogP contribution in [-0.4, -0.2) is 38.7 Å². The normalized spacial score (nSPS) is 46.7. The molecule has 0 heterocycles. The third-order valence-electron chi connectivity index (χ3n) is 6.71. The Labute approximate surface area is 130 Å². The molecule has 0 amide bonds. The monoisotopic (exact) mass is 304 g/mol. The number of aliphatic hydroxyl groups is 3. The van der Waals surface area contributed by atoms with E-state index in [0.29, 0.717) is 12.8 Å². The van der Waals surface area contributed by atoms with Crippen LogP contribution >= 0.6 is 0 Å². The minimum absolute atomic E-state index is 0.0857. The average Bonchev–Trinajstić information content (AvgIpc) is 2.70. The van der Waals surface area contributed by atoms with Crippen molar-refractivity contribution in [3.8, 4) is 5.75 Å². The molecule has 2 saturated carbocycles. The number of rotatable bonds is 0. The molecule has 120 valence electrons. The molecule has 4 rings (SSSR count). The summed E-state index contributed by atoms with van der Waals surface area (Å²) >= 11 is 0. The van der Waals surface area contributed by atoms with E-state index < -0.39 is 18.3 Å². The van der Waals surface area contributed by atoms with Gasteiger partial charge in [-0.2, -0.15) is 0 Å². The van der Waals surface area contributed by atoms with Crippen molar-refractivity contribution in [1.82, 2.24) is 0 Å². The van der Waals surface area contributed by atoms with Gasteiger partial charge < -0.3 is 20.4 Å². The molecule has 0 spiro atoms. The van der Waals surface area contributed by atoms with Crippen LogP contribution in [0.4, 0.5) is 0 Å². The zero-order chi connectivity index (χ0) is 15.6. The van der Waals surface area contributed by atoms with E-state index in [1.807, 2.05) is 6.07 Å². The third kappa shape index (κ3) is 1.81. The Hall–Kier alpha value is -1.10. The fourth-order valence-electron chi connectivity index (χ4n) is 5.58. The Morgan fingerprint density at radius 1 is 1.14 bits per heavy atom. The van der Waals surface area contributed by atoms with Crippen LogP contribution in [0.1, 0.15) is 43.2 Å². The lowest BCUT2D eigenvalue weighted by atomic mass is 9.54. The molecule has 22 heavy (non-hydrogen) atoms. The van der Waals surface area contributed by atoms with Gasteiger partial charge in [-0.05, 0) is 72.1 Å². The second kappa shape index (κ2) is 4.70. The topological polar surface area (TPSA) is 80.9 Å². The van der Waals surface area contributed by atoms with Crippen molar-refractivity contribution in [2.75, 3.05) is 0 Å². The Kier molecular flexibility index (Phi) is 3.09. The van der Waals surface area contributed by atoms with E-state index in [1.54, 1.807) is 12.1 Å². The van der Waals surface area contributed by atoms with Gasteiger partial charge >= 0.3 is 0 Å². The molecule has 7 atom stereocenters. The van der Waals surface area contributed by atoms with Gasteiger partial charge in [-0.25, -0.2) is 0 Å². The highest BCUT2D eigenvalue weighted by atomic mass is 16.3. The number of hydrogen-bond donors (Lipinski definition) is 4. The summed E-state index contributed by atoms with van der Waals surface area (Å²) < 4.78 is 0. The first kappa shape index (κ1) is 14.5. The number of fused-ring (bicyclic) bond motifs is 5. The summed E-state index contributed by atoms with van der Waals surface area (Å²) in [5.41, 5.74) is 1.97. The van der Waals surface area contributed by atoms with E-state index in [0.717, 1.165) is 18.4 Å². The molecule has 0 bridgehead atoms. The summed E-state index contributed by atoms with van der Waals surface area (Å²) in [4.78, 5) is 0. The predicted octanol–water partition coefficient (Wildman–Crippen LogP) is 1.55. The molecule has 4 nitrogen and oxygen atoms in total. The summed E-state index contributed by atoms with van der Waals surface area (Å²) in [6.07, 6.45) is 1.06. The van der Waals surface area contributed by atoms with Crippen LogP contribution in [0.5, 0.6) is 5.75 Å². The fraction of sp³-hybridized carbons (Fsp3) is 0.667. The quantitative estimate of drug-likeness (QED) is 0.586. The summed E-state index contributed by atoms with van der Waals surface area (Å²) in [5.74, 6) is 0.738. The van der Waals surface area contributed by atoms with Crippen molar-refractivity contribution in [2.45, 2.75) is 56.8 Å². The van der Waals surface area contributed by atoms with Gasteiger partial charge in [0, 0.05) is 0 Å². The second-order valence-corrected chi connectivity index (χ2v) is 7.74. The van der Waals surface area contributed by atoms with Crippen LogP contribution in [0.2, 0.25) is 0 Å². The Morgan fingerprint density at radius 3 is 2.68 bits per heavy atom. The van der Waals surface area contributed by atoms with E-state index in [4.69, 9.17) is 0 Å². The van der Waals surface area contributed by atoms with Crippen molar-refractivity contribution in [3.63, 3.8) is 0 Å². The zero-order valence-corrected chi connectivity index (χ0v) is 12.8. The van der Waals surface area contributed by atoms with Gasteiger partial charge in [0.25, 0.3) is 0 Å². The molecule has 2 fully saturated rings. The molecule has 0 aliphatic heterocycles. The molecule has 1 aromatic rings. The highest BCUT2D eigenvalue weighted by molar-refractivity contribution is 5.41. The summed E-state index contributed by atoms with van der Waals surface area (Å²) in [5, 5.41) is 40.9. The zero-order valence-electron chi connectivity index (χ0n) is 12.8. The Bertz CT molecular complexity index is 601. The highest BCUT2D eigenvalue weighted by Gasteiger charge is 2.59. The molecule has 0 unspecified atom stereocenters. The average molecular weight is 304 g/mol. The van der Waals surface area contributed by atoms with Crippen LogP contribution in [0, 0.1) is 17.3 Å². The van der Waals surface area contributed by atoms with Crippen molar-refractivity contribution in [1.29, 1.82) is 0 Å². The van der Waals surface area contributed by atoms with E-state index in [9.17, 15) is 20.4 Å². The van der Waals surface area contributed by atoms with Crippen molar-refractivity contribution in [3.05, 3.63) is 29.3 Å². The predicted molar refractivity (Wildman–Crippen MR) is 81.5 cm³/mol. The number of benzene rings is 1. The minimum Gasteiger partial charge on any atom is -0.508 e. The van der Waals surface area contributed by atoms with Crippen molar-refractivity contribution >= 4 is 0 Å². The molecular formula is C18H24O4. The van der Waals surface area contributed by atoms with E-state index in [-0.39, 0.29) is 28.9 Å². The van der Waals surface area contributed by atoms with E-state index in [1.165, 1.54) is 5.56 Å². The van der Waals surface area contributed by atoms with Gasteiger partial charge in [-0.1, -0.05) is 13.0 Å². The van der Waals surface area contributed by atoms with Crippen LogP contribution in [0.25, 0.3) is 0 Å². The number of phenolic OH excluding ortho intramolecular Hbond substituents is 1. The van der Waals surface area contributed by atoms with Gasteiger partial charge in [0.2, 0.25) is 0 Å². The van der Waals surface area contributed by atoms with Gasteiger partial charge in [0.15, 0.2) is 0 Å². The largest absolute Gasteiger partial charge is 0.508 e. The molecule has 1 aromatic carbocycles. The third-order valence-corrected chi connectivity index (χ3v) is 6.71. The lowest BCUT2D eigenvalue weighted by molar-refractivity contribution is -0.0742. The first-order valence-corrected chi connectivity index (χ1v) is 8.28. The molecule has 4 N–H and O–H groups in total. The number of aromatic hydroxyl groups is 1. The SMILES string of the molecule is C[C@]12CC[C@@H]3c4ccc(O)cc4C[C@@H](O)[C@H]3[C@@H]1C[C@@H](O)[C@@H]2O. The second-order valence-electron chi connectivity index (χ2n) is 7.74. The van der Waals surface area contributed by atoms with Gasteiger partial charge in [0.05, 0.1) is 18.3 Å². The number of phenols is 1. The Balaban J connectivity index is 1.76. The summed E-state index contributed by atoms with van der Waals surface area (Å²) in [6, 6.07) is 5.47. The maximum atomic E-state index is 10.7. The first-order valence-electron chi connectivity index (χ1n) is 8.28. The maximum Gasteiger partial charge on any atom is 0.115 e. The Morgan fingerprint density at radius 2 is 1.91 bits per heavy atom. The fourth-order valence-corrected chi connectivity index (χ4v) is 5.58. The van der Waals surface area contributed by atoms with Crippen molar-refractivity contribution in [2.24, 2.45) is 17.3 Å². The van der Waals surface area contributed by atoms with Gasteiger partial charge in [-0.15, -0.1) is 0 Å². The molecular weight excluding hydrogens is 280 g/mol. The van der Waals surface area contributed by atoms with Crippen LogP contribution < -0.4 is 0 Å². The summed E-state index contributed by atoms with van der Waals surface area (Å²) in [7, 11) is 0. The van der Waals surface area contributed by atoms with Crippen LogP contribution in [0.3, 0.4) is 0 Å². The number of aliphatic hydroxyl groups excluding tert-OH is 3. The number of hydrogen-bond acceptors (Lipinski definition) is 4. The van der Waals surface area contributed by atoms with Crippen LogP contribution in [0.15, 0.2) is 18.2 Å². The maximum absolute atomic E-state index is 10.7. The molecule has 0 aromatic heterocycles. The lowest BCUT2D eigenvalue weighted by Gasteiger charge is -2.51. The standard InChI is InChI=1S/C18H24O4/c1-18-5-4-12-11-3-2-10(19)6-9(11)7-14(20)16(12)13(18)8-15(21)17(18)22/h2-3,6,12-17,19-22H,4-5,7-8H2,1H3/t12-,13+,14-,15-,16-,17+,18+/m1/s1. The van der Waals surface area contributed by atoms with Gasteiger partial charge in [-0.3, -0.25) is 0 Å². The van der Waals surface area contributed by atoms with E-state index in [2.05, 4.69) is 6.92 Å². The first-order chi connectivity index (χ1) is 10.4. The summed E-state index contributed by atoms with van der Waals surface area (Å²) in [6.45, 7) is 2.06. The van der Waals surface area contributed by atoms with Crippen LogP contribution in [-0.2, 0) is 6.42 Å². The smallest absolute Gasteiger partial charge is 0.115 e. The molecule has 3 aliphatic carbocycles. The molecule has 0 saturated heterocycles. The van der Waals surface area contributed by atoms with E-state index >= 15 is 0 Å². The van der Waals surface area contributed by atoms with Crippen molar-refractivity contribution < 1.29 is 20.4 Å². The lowest BCUT2D eigenvalue weighted by Crippen LogP contribution is -2.49. The van der Waals surface area contributed by atoms with Gasteiger partial charge in [0.1, 0.15) is 5.75 Å². The molecule has 3 aliphatic rings. The highest BCUT2D eigenvalue weighted by Crippen LogP contribution is 2.60. The molecule has 0 radical (unpaired) electrons.